The van der Waals surface area contributed by atoms with Gasteiger partial charge in [0.2, 0.25) is 0 Å². The van der Waals surface area contributed by atoms with E-state index in [4.69, 9.17) is 25.8 Å². The monoisotopic (exact) mass is 405 g/mol. The van der Waals surface area contributed by atoms with E-state index in [1.165, 1.54) is 26.2 Å². The summed E-state index contributed by atoms with van der Waals surface area (Å²) >= 11 is 5.99. The molecule has 0 bridgehead atoms. The lowest BCUT2D eigenvalue weighted by Gasteiger charge is -2.11. The van der Waals surface area contributed by atoms with Crippen molar-refractivity contribution in [1.82, 2.24) is 0 Å². The van der Waals surface area contributed by atoms with Gasteiger partial charge in [0.15, 0.2) is 30.5 Å². The summed E-state index contributed by atoms with van der Waals surface area (Å²) in [5, 5.41) is 3.10. The normalized spacial score (nSPS) is 10.1. The van der Waals surface area contributed by atoms with E-state index in [-0.39, 0.29) is 11.5 Å². The number of carbonyl (C=O) groups excluding carboxylic acids is 3. The van der Waals surface area contributed by atoms with Gasteiger partial charge >= 0.3 is 5.97 Å². The van der Waals surface area contributed by atoms with Gasteiger partial charge in [-0.2, -0.15) is 0 Å². The van der Waals surface area contributed by atoms with Crippen molar-refractivity contribution in [2.45, 2.75) is 13.8 Å². The molecule has 7 nitrogen and oxygen atoms in total. The summed E-state index contributed by atoms with van der Waals surface area (Å²) in [5.74, 6) is -0.755. The highest BCUT2D eigenvalue weighted by Gasteiger charge is 2.13. The van der Waals surface area contributed by atoms with E-state index < -0.39 is 25.1 Å². The number of carbonyl (C=O) groups is 3. The highest BCUT2D eigenvalue weighted by Crippen LogP contribution is 2.28. The molecule has 0 aromatic heterocycles. The van der Waals surface area contributed by atoms with E-state index in [2.05, 4.69) is 5.32 Å². The average molecular weight is 406 g/mol. The highest BCUT2D eigenvalue weighted by molar-refractivity contribution is 6.31. The van der Waals surface area contributed by atoms with Crippen molar-refractivity contribution >= 4 is 34.9 Å². The molecule has 2 aromatic carbocycles. The number of hydrogen-bond donors (Lipinski definition) is 1. The van der Waals surface area contributed by atoms with Gasteiger partial charge < -0.3 is 19.5 Å². The molecule has 0 aliphatic heterocycles. The first-order valence-electron chi connectivity index (χ1n) is 8.33. The number of ketones is 1. The van der Waals surface area contributed by atoms with Gasteiger partial charge in [-0.25, -0.2) is 4.79 Å². The average Bonchev–Trinajstić information content (AvgIpc) is 2.67. The smallest absolute Gasteiger partial charge is 0.344 e. The molecule has 0 aliphatic rings. The number of amides is 1. The molecule has 0 fully saturated rings. The van der Waals surface area contributed by atoms with Crippen molar-refractivity contribution in [3.63, 3.8) is 0 Å². The maximum Gasteiger partial charge on any atom is 0.344 e. The van der Waals surface area contributed by atoms with Crippen molar-refractivity contribution in [2.75, 3.05) is 25.6 Å². The minimum absolute atomic E-state index is 0.120. The first kappa shape index (κ1) is 21.2. The summed E-state index contributed by atoms with van der Waals surface area (Å²) in [6.45, 7) is 2.40. The third-order valence-electron chi connectivity index (χ3n) is 3.74. The van der Waals surface area contributed by atoms with E-state index in [0.717, 1.165) is 5.56 Å². The summed E-state index contributed by atoms with van der Waals surface area (Å²) < 4.78 is 15.4. The van der Waals surface area contributed by atoms with E-state index in [0.29, 0.717) is 22.0 Å². The fourth-order valence-electron chi connectivity index (χ4n) is 2.20. The van der Waals surface area contributed by atoms with Crippen molar-refractivity contribution in [2.24, 2.45) is 0 Å². The number of aryl methyl sites for hydroxylation is 1. The van der Waals surface area contributed by atoms with Crippen LogP contribution in [0.2, 0.25) is 5.02 Å². The molecule has 1 amide bonds. The molecule has 1 N–H and O–H groups in total. The molecule has 28 heavy (non-hydrogen) atoms. The Balaban J connectivity index is 1.83. The molecule has 8 heteroatoms. The number of methoxy groups -OCH3 is 1. The van der Waals surface area contributed by atoms with Crippen LogP contribution in [0.4, 0.5) is 5.69 Å². The van der Waals surface area contributed by atoms with Crippen LogP contribution in [0.15, 0.2) is 36.4 Å². The largest absolute Gasteiger partial charge is 0.493 e. The van der Waals surface area contributed by atoms with Gasteiger partial charge in [-0.3, -0.25) is 9.59 Å². The van der Waals surface area contributed by atoms with Crippen LogP contribution < -0.4 is 14.8 Å². The fraction of sp³-hybridized carbons (Fsp3) is 0.250. The Morgan fingerprint density at radius 1 is 1.04 bits per heavy atom. The fourth-order valence-corrected chi connectivity index (χ4v) is 2.38. The number of ether oxygens (including phenoxy) is 3. The number of Topliss-reactive ketones (excluding diaryl/α,β-unsaturated/α-hetero) is 1. The Kier molecular flexibility index (Phi) is 7.40. The first-order chi connectivity index (χ1) is 13.3. The molecule has 0 saturated carbocycles. The standard InChI is InChI=1S/C20H20ClNO6/c1-12-4-6-15(9-16(12)21)22-19(24)10-28-20(25)11-27-17-7-5-14(13(2)23)8-18(17)26-3/h4-9H,10-11H2,1-3H3,(H,22,24). The van der Waals surface area contributed by atoms with Crippen LogP contribution in [0.1, 0.15) is 22.8 Å². The van der Waals surface area contributed by atoms with Crippen LogP contribution in [0.3, 0.4) is 0 Å². The van der Waals surface area contributed by atoms with Crippen LogP contribution in [0, 0.1) is 6.92 Å². The van der Waals surface area contributed by atoms with Crippen LogP contribution in [-0.4, -0.2) is 38.0 Å². The molecule has 2 rings (SSSR count). The zero-order valence-corrected chi connectivity index (χ0v) is 16.5. The number of nitrogens with one attached hydrogen (secondary N) is 1. The second-order valence-corrected chi connectivity index (χ2v) is 6.29. The Hall–Kier alpha value is -3.06. The number of hydrogen-bond acceptors (Lipinski definition) is 6. The Bertz CT molecular complexity index is 896. The Labute approximate surface area is 167 Å². The first-order valence-corrected chi connectivity index (χ1v) is 8.71. The summed E-state index contributed by atoms with van der Waals surface area (Å²) in [6, 6.07) is 9.67. The number of esters is 1. The molecule has 2 aromatic rings. The topological polar surface area (TPSA) is 90.9 Å². The molecule has 0 heterocycles. The molecular formula is C20H20ClNO6. The van der Waals surface area contributed by atoms with Crippen molar-refractivity contribution in [1.29, 1.82) is 0 Å². The van der Waals surface area contributed by atoms with E-state index >= 15 is 0 Å². The zero-order valence-electron chi connectivity index (χ0n) is 15.7. The van der Waals surface area contributed by atoms with Gasteiger partial charge in [0.25, 0.3) is 5.91 Å². The SMILES string of the molecule is COc1cc(C(C)=O)ccc1OCC(=O)OCC(=O)Nc1ccc(C)c(Cl)c1. The van der Waals surface area contributed by atoms with Gasteiger partial charge in [-0.1, -0.05) is 17.7 Å². The Morgan fingerprint density at radius 3 is 2.43 bits per heavy atom. The van der Waals surface area contributed by atoms with Crippen molar-refractivity contribution in [3.05, 3.63) is 52.5 Å². The molecule has 148 valence electrons. The Morgan fingerprint density at radius 2 is 1.79 bits per heavy atom. The molecule has 0 atom stereocenters. The van der Waals surface area contributed by atoms with Gasteiger partial charge in [0.1, 0.15) is 0 Å². The number of benzene rings is 2. The lowest BCUT2D eigenvalue weighted by molar-refractivity contribution is -0.149. The van der Waals surface area contributed by atoms with Crippen LogP contribution in [0.5, 0.6) is 11.5 Å². The van der Waals surface area contributed by atoms with Gasteiger partial charge in [0.05, 0.1) is 7.11 Å². The summed E-state index contributed by atoms with van der Waals surface area (Å²) in [4.78, 5) is 35.1. The van der Waals surface area contributed by atoms with Crippen LogP contribution in [0.25, 0.3) is 0 Å². The molecule has 0 saturated heterocycles. The second-order valence-electron chi connectivity index (χ2n) is 5.88. The number of rotatable bonds is 8. The molecule has 0 radical (unpaired) electrons. The summed E-state index contributed by atoms with van der Waals surface area (Å²) in [5.41, 5.74) is 1.85. The third-order valence-corrected chi connectivity index (χ3v) is 4.14. The summed E-state index contributed by atoms with van der Waals surface area (Å²) in [6.07, 6.45) is 0. The minimum atomic E-state index is -0.727. The second kappa shape index (κ2) is 9.75. The van der Waals surface area contributed by atoms with Gasteiger partial charge in [-0.15, -0.1) is 0 Å². The van der Waals surface area contributed by atoms with E-state index in [1.54, 1.807) is 24.3 Å². The predicted octanol–water partition coefficient (Wildman–Crippen LogP) is 3.42. The van der Waals surface area contributed by atoms with Gasteiger partial charge in [-0.05, 0) is 49.7 Å². The zero-order chi connectivity index (χ0) is 20.7. The van der Waals surface area contributed by atoms with Gasteiger partial charge in [0, 0.05) is 16.3 Å². The lowest BCUT2D eigenvalue weighted by Crippen LogP contribution is -2.23. The van der Waals surface area contributed by atoms with Crippen molar-refractivity contribution < 1.29 is 28.6 Å². The number of halogens is 1. The lowest BCUT2D eigenvalue weighted by atomic mass is 10.1. The molecular weight excluding hydrogens is 386 g/mol. The van der Waals surface area contributed by atoms with E-state index in [1.807, 2.05) is 6.92 Å². The maximum absolute atomic E-state index is 11.9. The maximum atomic E-state index is 11.9. The minimum Gasteiger partial charge on any atom is -0.493 e. The van der Waals surface area contributed by atoms with Crippen molar-refractivity contribution in [3.8, 4) is 11.5 Å². The van der Waals surface area contributed by atoms with E-state index in [9.17, 15) is 14.4 Å². The molecule has 0 spiro atoms. The van der Waals surface area contributed by atoms with Crippen LogP contribution in [-0.2, 0) is 14.3 Å². The summed E-state index contributed by atoms with van der Waals surface area (Å²) in [7, 11) is 1.42. The quantitative estimate of drug-likeness (QED) is 0.534. The highest BCUT2D eigenvalue weighted by atomic mass is 35.5. The molecule has 0 aliphatic carbocycles. The van der Waals surface area contributed by atoms with Crippen LogP contribution >= 0.6 is 11.6 Å². The third kappa shape index (κ3) is 5.99. The molecule has 0 unspecified atom stereocenters. The number of anilines is 1. The predicted molar refractivity (Wildman–Crippen MR) is 104 cm³/mol.